The summed E-state index contributed by atoms with van der Waals surface area (Å²) in [7, 11) is 0. The van der Waals surface area contributed by atoms with Crippen LogP contribution in [0.25, 0.3) is 0 Å². The van der Waals surface area contributed by atoms with Crippen molar-refractivity contribution >= 4 is 0 Å². The van der Waals surface area contributed by atoms with Gasteiger partial charge in [-0.3, -0.25) is 0 Å². The maximum absolute atomic E-state index is 8.71. The summed E-state index contributed by atoms with van der Waals surface area (Å²) < 4.78 is 0. The van der Waals surface area contributed by atoms with Gasteiger partial charge in [0.25, 0.3) is 0 Å². The van der Waals surface area contributed by atoms with Crippen LogP contribution in [-0.2, 0) is 95.8 Å². The van der Waals surface area contributed by atoms with Crippen LogP contribution in [0.5, 0.6) is 0 Å². The molecule has 472 valence electrons. The molecule has 80 heavy (non-hydrogen) atoms. The van der Waals surface area contributed by atoms with Crippen molar-refractivity contribution in [1.29, 1.82) is 0 Å². The van der Waals surface area contributed by atoms with Gasteiger partial charge in [-0.2, -0.15) is 0 Å². The fraction of sp³-hybridized carbons (Fsp3) is 0.467. The van der Waals surface area contributed by atoms with Crippen LogP contribution in [0.3, 0.4) is 0 Å². The van der Waals surface area contributed by atoms with Crippen molar-refractivity contribution in [3.8, 4) is 0 Å². The average Bonchev–Trinajstić information content (AvgIpc) is 3.39. The topological polar surface area (TPSA) is 324 Å². The molecule has 0 rings (SSSR count). The maximum atomic E-state index is 8.71. The summed E-state index contributed by atoms with van der Waals surface area (Å²) >= 11 is 0. The number of hydrogen-bond acceptors (Lipinski definition) is 16. The van der Waals surface area contributed by atoms with Crippen molar-refractivity contribution in [2.75, 3.05) is 39.6 Å². The zero-order valence-electron chi connectivity index (χ0n) is 51.6. The minimum atomic E-state index is -0.694. The molecule has 0 bridgehead atoms. The minimum Gasteiger partial charge on any atom is -0.392 e. The van der Waals surface area contributed by atoms with Gasteiger partial charge in [-0.15, -0.1) is 105 Å². The first kappa shape index (κ1) is 138. The summed E-state index contributed by atoms with van der Waals surface area (Å²) in [6, 6.07) is 0. The molecule has 8 atom stereocenters. The molecule has 0 aliphatic rings. The molecule has 0 aromatic carbocycles. The fourth-order valence-electron chi connectivity index (χ4n) is 0. The fourth-order valence-corrected chi connectivity index (χ4v) is 0. The van der Waals surface area contributed by atoms with Gasteiger partial charge in [-0.1, -0.05) is 97.2 Å². The van der Waals surface area contributed by atoms with Crippen LogP contribution in [0.4, 0.5) is 0 Å². The van der Waals surface area contributed by atoms with E-state index >= 15 is 0 Å². The average molecular weight is 1380 g/mol. The van der Waals surface area contributed by atoms with E-state index < -0.39 is 11.2 Å². The van der Waals surface area contributed by atoms with E-state index in [0.717, 1.165) is 0 Å². The Bertz CT molecular complexity index is 961. The summed E-state index contributed by atoms with van der Waals surface area (Å²) in [6.07, 6.45) is 20.5. The van der Waals surface area contributed by atoms with E-state index in [1.807, 2.05) is 0 Å². The van der Waals surface area contributed by atoms with Crippen LogP contribution in [0.1, 0.15) is 83.1 Å². The van der Waals surface area contributed by atoms with E-state index in [2.05, 4.69) is 105 Å². The van der Waals surface area contributed by atoms with E-state index in [9.17, 15) is 0 Å². The quantitative estimate of drug-likeness (QED) is 0.0533. The third-order valence-corrected chi connectivity index (χ3v) is 4.50. The van der Waals surface area contributed by atoms with Gasteiger partial charge >= 0.3 is 0 Å². The Kier molecular flexibility index (Phi) is 244. The summed E-state index contributed by atoms with van der Waals surface area (Å²) in [6.45, 7) is 73.1. The van der Waals surface area contributed by atoms with Crippen molar-refractivity contribution in [2.45, 2.75) is 143 Å². The third kappa shape index (κ3) is 623. The Labute approximate surface area is 558 Å². The molecule has 0 fully saturated rings. The van der Waals surface area contributed by atoms with Crippen LogP contribution in [-0.4, -0.2) is 181 Å². The summed E-state index contributed by atoms with van der Waals surface area (Å²) in [4.78, 5) is 0. The SMILES string of the molecule is C=CC(C)(C)O.C=CC(C)(C)O.C=CC(C)O.C=CC(C)O.C=CC(C)O.C=CC(C)O.C=CC(C)O.C=CC(C)O.C=CC(C)O.C=CC(C)O.C=CCO.C=CCO.C=CCO.C=CCO.C=CCO.C=CCO.[Ti].[Ti].[Zr].[Zr]. The maximum Gasteiger partial charge on any atom is 0.0769 e. The predicted molar refractivity (Wildman–Crippen MR) is 332 cm³/mol. The van der Waals surface area contributed by atoms with E-state index in [1.54, 1.807) is 83.1 Å². The van der Waals surface area contributed by atoms with Crippen molar-refractivity contribution in [3.05, 3.63) is 202 Å². The van der Waals surface area contributed by atoms with Crippen LogP contribution in [0.15, 0.2) is 202 Å². The van der Waals surface area contributed by atoms with Crippen LogP contribution >= 0.6 is 0 Å². The molecule has 20 heteroatoms. The summed E-state index contributed by atoms with van der Waals surface area (Å²) in [5.74, 6) is 0. The van der Waals surface area contributed by atoms with Gasteiger partial charge < -0.3 is 81.7 Å². The third-order valence-electron chi connectivity index (χ3n) is 4.50. The molecule has 0 aliphatic carbocycles. The number of hydrogen-bond donors (Lipinski definition) is 16. The molecule has 0 heterocycles. The predicted octanol–water partition coefficient (Wildman–Crippen LogP) is 7.29. The Morgan fingerprint density at radius 3 is 0.300 bits per heavy atom. The van der Waals surface area contributed by atoms with Gasteiger partial charge in [-0.25, -0.2) is 0 Å². The second-order valence-corrected chi connectivity index (χ2v) is 14.4. The van der Waals surface area contributed by atoms with E-state index in [1.165, 1.54) is 97.2 Å². The molecule has 0 radical (unpaired) electrons. The minimum absolute atomic E-state index is 0. The second kappa shape index (κ2) is 142. The number of aliphatic hydroxyl groups excluding tert-OH is 14. The molecule has 8 unspecified atom stereocenters. The molecule has 0 aliphatic heterocycles. The van der Waals surface area contributed by atoms with Crippen molar-refractivity contribution in [3.63, 3.8) is 0 Å². The van der Waals surface area contributed by atoms with Crippen molar-refractivity contribution in [2.24, 2.45) is 0 Å². The molecular weight excluding hydrogens is 1250 g/mol. The standard InChI is InChI=1S/2C5H10O.8C4H8O.6C3H6O.2Ti.2Zr/c2*1-4-5(2,3)6;8*1-3-4(2)5;6*1-2-3-4;;;;/h2*4,6H,1H2,2-3H3;8*3-5H,1H2,2H3;6*2,4H,1,3H2;;;;. The van der Waals surface area contributed by atoms with Gasteiger partial charge in [0, 0.05) is 95.8 Å². The Balaban J connectivity index is -0.0000000266. The first-order valence-electron chi connectivity index (χ1n) is 23.3. The Morgan fingerprint density at radius 2 is 0.300 bits per heavy atom. The summed E-state index contributed by atoms with van der Waals surface area (Å²) in [5.41, 5.74) is -1.39. The first-order chi connectivity index (χ1) is 34.8. The molecule has 0 spiro atoms. The van der Waals surface area contributed by atoms with Crippen LogP contribution in [0, 0.1) is 0 Å². The Hall–Kier alpha value is -1.61. The molecule has 16 nitrogen and oxygen atoms in total. The zero-order valence-corrected chi connectivity index (χ0v) is 59.6. The molecule has 0 aromatic heterocycles. The van der Waals surface area contributed by atoms with Crippen LogP contribution in [0.2, 0.25) is 0 Å². The monoisotopic (exact) mass is 1370 g/mol. The van der Waals surface area contributed by atoms with Crippen molar-refractivity contribution in [1.82, 2.24) is 0 Å². The molecule has 16 N–H and O–H groups in total. The smallest absolute Gasteiger partial charge is 0.0769 e. The number of rotatable bonds is 16. The molecular formula is C60H120O16Ti2Zr2. The van der Waals surface area contributed by atoms with Crippen molar-refractivity contribution < 1.29 is 178 Å². The Morgan fingerprint density at radius 1 is 0.263 bits per heavy atom. The summed E-state index contributed by atoms with van der Waals surface area (Å²) in [5, 5.41) is 130. The second-order valence-electron chi connectivity index (χ2n) is 14.4. The zero-order chi connectivity index (χ0) is 65.2. The van der Waals surface area contributed by atoms with Gasteiger partial charge in [0.15, 0.2) is 0 Å². The normalized spacial score (nSPS) is 10.6. The van der Waals surface area contributed by atoms with Crippen LogP contribution < -0.4 is 0 Å². The first-order valence-corrected chi connectivity index (χ1v) is 23.3. The van der Waals surface area contributed by atoms with Gasteiger partial charge in [0.05, 0.1) is 99.7 Å². The van der Waals surface area contributed by atoms with Gasteiger partial charge in [-0.05, 0) is 83.1 Å². The largest absolute Gasteiger partial charge is 0.392 e. The number of aliphatic hydroxyl groups is 16. The molecule has 0 amide bonds. The molecule has 0 saturated carbocycles. The van der Waals surface area contributed by atoms with Gasteiger partial charge in [0.2, 0.25) is 0 Å². The van der Waals surface area contributed by atoms with E-state index in [-0.39, 0.29) is 184 Å². The van der Waals surface area contributed by atoms with Gasteiger partial charge in [0.1, 0.15) is 0 Å². The molecule has 0 aromatic rings. The van der Waals surface area contributed by atoms with E-state index in [4.69, 9.17) is 81.7 Å². The van der Waals surface area contributed by atoms with E-state index in [0.29, 0.717) is 0 Å². The molecule has 0 saturated heterocycles.